The Hall–Kier alpha value is -1.60. The van der Waals surface area contributed by atoms with Gasteiger partial charge in [0.15, 0.2) is 11.5 Å². The molecule has 1 aliphatic rings. The van der Waals surface area contributed by atoms with Crippen molar-refractivity contribution < 1.29 is 14.2 Å². The van der Waals surface area contributed by atoms with Gasteiger partial charge in [0.2, 0.25) is 0 Å². The van der Waals surface area contributed by atoms with Crippen LogP contribution in [0.3, 0.4) is 0 Å². The van der Waals surface area contributed by atoms with Gasteiger partial charge in [-0.15, -0.1) is 0 Å². The summed E-state index contributed by atoms with van der Waals surface area (Å²) in [5, 5.41) is 3.54. The minimum atomic E-state index is 0.509. The second kappa shape index (κ2) is 10.8. The molecule has 1 heterocycles. The lowest BCUT2D eigenvalue weighted by Crippen LogP contribution is -2.40. The van der Waals surface area contributed by atoms with E-state index in [4.69, 9.17) is 14.2 Å². The van der Waals surface area contributed by atoms with Gasteiger partial charge >= 0.3 is 0 Å². The zero-order chi connectivity index (χ0) is 19.8. The third-order valence-corrected chi connectivity index (χ3v) is 5.61. The van der Waals surface area contributed by atoms with Crippen molar-refractivity contribution in [3.05, 3.63) is 57.6 Å². The summed E-state index contributed by atoms with van der Waals surface area (Å²) in [6, 6.07) is 12.3. The Morgan fingerprint density at radius 2 is 2.00 bits per heavy atom. The first-order valence-electron chi connectivity index (χ1n) is 9.72. The highest BCUT2D eigenvalue weighted by molar-refractivity contribution is 9.10. The predicted octanol–water partition coefficient (Wildman–Crippen LogP) is 3.77. The average molecular weight is 449 g/mol. The van der Waals surface area contributed by atoms with Crippen LogP contribution in [0.25, 0.3) is 0 Å². The minimum Gasteiger partial charge on any atom is -0.493 e. The van der Waals surface area contributed by atoms with Gasteiger partial charge in [0.1, 0.15) is 6.61 Å². The third kappa shape index (κ3) is 5.95. The quantitative estimate of drug-likeness (QED) is 0.591. The molecular formula is C22H29BrN2O3. The van der Waals surface area contributed by atoms with Gasteiger partial charge in [-0.25, -0.2) is 0 Å². The molecule has 5 nitrogen and oxygen atoms in total. The molecule has 0 aromatic heterocycles. The molecule has 6 heteroatoms. The van der Waals surface area contributed by atoms with E-state index < -0.39 is 0 Å². The van der Waals surface area contributed by atoms with Gasteiger partial charge in [-0.2, -0.15) is 0 Å². The molecule has 2 aromatic carbocycles. The lowest BCUT2D eigenvalue weighted by Gasteiger charge is -2.26. The summed E-state index contributed by atoms with van der Waals surface area (Å²) in [4.78, 5) is 2.42. The van der Waals surface area contributed by atoms with E-state index >= 15 is 0 Å². The van der Waals surface area contributed by atoms with Crippen LogP contribution < -0.4 is 14.8 Å². The zero-order valence-corrected chi connectivity index (χ0v) is 18.3. The Labute approximate surface area is 176 Å². The van der Waals surface area contributed by atoms with E-state index in [-0.39, 0.29) is 0 Å². The van der Waals surface area contributed by atoms with E-state index in [0.29, 0.717) is 13.2 Å². The molecule has 152 valence electrons. The van der Waals surface area contributed by atoms with E-state index in [9.17, 15) is 0 Å². The van der Waals surface area contributed by atoms with Crippen LogP contribution >= 0.6 is 15.9 Å². The molecule has 0 spiro atoms. The lowest BCUT2D eigenvalue weighted by atomic mass is 10.1. The van der Waals surface area contributed by atoms with E-state index in [2.05, 4.69) is 57.3 Å². The number of nitrogens with zero attached hydrogens (tertiary/aromatic N) is 1. The fraction of sp³-hybridized carbons (Fsp3) is 0.455. The molecule has 0 atom stereocenters. The first-order valence-corrected chi connectivity index (χ1v) is 10.5. The van der Waals surface area contributed by atoms with Crippen molar-refractivity contribution >= 4 is 15.9 Å². The normalized spacial score (nSPS) is 14.8. The van der Waals surface area contributed by atoms with Gasteiger partial charge < -0.3 is 19.5 Å². The van der Waals surface area contributed by atoms with E-state index in [0.717, 1.165) is 66.5 Å². The van der Waals surface area contributed by atoms with Crippen LogP contribution in [0.1, 0.15) is 16.7 Å². The Balaban J connectivity index is 1.63. The van der Waals surface area contributed by atoms with Crippen molar-refractivity contribution in [3.8, 4) is 11.5 Å². The molecule has 0 unspecified atom stereocenters. The number of benzene rings is 2. The van der Waals surface area contributed by atoms with Crippen LogP contribution in [0.5, 0.6) is 11.5 Å². The predicted molar refractivity (Wildman–Crippen MR) is 115 cm³/mol. The van der Waals surface area contributed by atoms with Crippen molar-refractivity contribution in [1.29, 1.82) is 0 Å². The molecule has 28 heavy (non-hydrogen) atoms. The molecule has 0 amide bonds. The zero-order valence-electron chi connectivity index (χ0n) is 16.7. The highest BCUT2D eigenvalue weighted by atomic mass is 79.9. The standard InChI is InChI=1S/C22H29BrN2O3/c1-17-4-3-5-18(14-17)16-28-22-19(20(23)6-7-21(22)26-2)15-24-8-9-25-10-12-27-13-11-25/h3-7,14,24H,8-13,15-16H2,1-2H3. The van der Waals surface area contributed by atoms with E-state index in [1.54, 1.807) is 7.11 Å². The molecular weight excluding hydrogens is 420 g/mol. The van der Waals surface area contributed by atoms with Gasteiger partial charge in [-0.3, -0.25) is 4.90 Å². The maximum absolute atomic E-state index is 6.21. The SMILES string of the molecule is COc1ccc(Br)c(CNCCN2CCOCC2)c1OCc1cccc(C)c1. The van der Waals surface area contributed by atoms with Crippen molar-refractivity contribution in [2.45, 2.75) is 20.1 Å². The Morgan fingerprint density at radius 3 is 2.75 bits per heavy atom. The monoisotopic (exact) mass is 448 g/mol. The van der Waals surface area contributed by atoms with Crippen LogP contribution in [0.15, 0.2) is 40.9 Å². The number of morpholine rings is 1. The largest absolute Gasteiger partial charge is 0.493 e. The highest BCUT2D eigenvalue weighted by Gasteiger charge is 2.15. The number of methoxy groups -OCH3 is 1. The van der Waals surface area contributed by atoms with Gasteiger partial charge in [-0.1, -0.05) is 45.8 Å². The minimum absolute atomic E-state index is 0.509. The van der Waals surface area contributed by atoms with Crippen LogP contribution in [0.2, 0.25) is 0 Å². The summed E-state index contributed by atoms with van der Waals surface area (Å²) in [5.74, 6) is 1.54. The Kier molecular flexibility index (Phi) is 8.15. The van der Waals surface area contributed by atoms with Crippen LogP contribution in [0, 0.1) is 6.92 Å². The smallest absolute Gasteiger partial charge is 0.167 e. The number of aryl methyl sites for hydroxylation is 1. The van der Waals surface area contributed by atoms with E-state index in [1.807, 2.05) is 12.1 Å². The fourth-order valence-corrected chi connectivity index (χ4v) is 3.75. The summed E-state index contributed by atoms with van der Waals surface area (Å²) in [6.07, 6.45) is 0. The van der Waals surface area contributed by atoms with Crippen molar-refractivity contribution in [2.75, 3.05) is 46.5 Å². The molecule has 3 rings (SSSR count). The van der Waals surface area contributed by atoms with Crippen molar-refractivity contribution in [1.82, 2.24) is 10.2 Å². The highest BCUT2D eigenvalue weighted by Crippen LogP contribution is 2.36. The molecule has 2 aromatic rings. The second-order valence-corrected chi connectivity index (χ2v) is 7.82. The van der Waals surface area contributed by atoms with Crippen LogP contribution in [0.4, 0.5) is 0 Å². The molecule has 1 aliphatic heterocycles. The maximum Gasteiger partial charge on any atom is 0.167 e. The van der Waals surface area contributed by atoms with Gasteiger partial charge in [-0.05, 0) is 24.6 Å². The van der Waals surface area contributed by atoms with Crippen molar-refractivity contribution in [3.63, 3.8) is 0 Å². The molecule has 1 fully saturated rings. The molecule has 0 bridgehead atoms. The summed E-state index contributed by atoms with van der Waals surface area (Å²) in [6.45, 7) is 8.93. The molecule has 0 saturated carbocycles. The number of ether oxygens (including phenoxy) is 3. The second-order valence-electron chi connectivity index (χ2n) is 6.97. The lowest BCUT2D eigenvalue weighted by molar-refractivity contribution is 0.0384. The summed E-state index contributed by atoms with van der Waals surface area (Å²) in [5.41, 5.74) is 3.45. The maximum atomic E-state index is 6.21. The number of halogens is 1. The van der Waals surface area contributed by atoms with E-state index in [1.165, 1.54) is 5.56 Å². The molecule has 1 N–H and O–H groups in total. The molecule has 0 radical (unpaired) electrons. The Bertz CT molecular complexity index is 763. The first-order chi connectivity index (χ1) is 13.7. The third-order valence-electron chi connectivity index (χ3n) is 4.86. The number of hydrogen-bond donors (Lipinski definition) is 1. The van der Waals surface area contributed by atoms with Crippen LogP contribution in [-0.2, 0) is 17.9 Å². The summed E-state index contributed by atoms with van der Waals surface area (Å²) in [7, 11) is 1.68. The topological polar surface area (TPSA) is 43.0 Å². The number of hydrogen-bond acceptors (Lipinski definition) is 5. The average Bonchev–Trinajstić information content (AvgIpc) is 2.71. The first kappa shape index (κ1) is 21.1. The van der Waals surface area contributed by atoms with Gasteiger partial charge in [0.25, 0.3) is 0 Å². The van der Waals surface area contributed by atoms with Gasteiger partial charge in [0, 0.05) is 42.8 Å². The van der Waals surface area contributed by atoms with Crippen LogP contribution in [-0.4, -0.2) is 51.4 Å². The number of rotatable bonds is 9. The summed E-state index contributed by atoms with van der Waals surface area (Å²) < 4.78 is 18.2. The Morgan fingerprint density at radius 1 is 1.18 bits per heavy atom. The summed E-state index contributed by atoms with van der Waals surface area (Å²) >= 11 is 3.67. The number of nitrogens with one attached hydrogen (secondary N) is 1. The molecule has 0 aliphatic carbocycles. The van der Waals surface area contributed by atoms with Gasteiger partial charge in [0.05, 0.1) is 20.3 Å². The fourth-order valence-electron chi connectivity index (χ4n) is 3.30. The molecule has 1 saturated heterocycles. The van der Waals surface area contributed by atoms with Crippen molar-refractivity contribution in [2.24, 2.45) is 0 Å².